The highest BCUT2D eigenvalue weighted by Gasteiger charge is 2.11. The molecule has 0 aliphatic carbocycles. The smallest absolute Gasteiger partial charge is 0.274 e. The lowest BCUT2D eigenvalue weighted by Crippen LogP contribution is -2.10. The zero-order valence-corrected chi connectivity index (χ0v) is 11.5. The van der Waals surface area contributed by atoms with Gasteiger partial charge >= 0.3 is 0 Å². The Morgan fingerprint density at radius 1 is 1.30 bits per heavy atom. The highest BCUT2D eigenvalue weighted by molar-refractivity contribution is 9.10. The Morgan fingerprint density at radius 2 is 2.05 bits per heavy atom. The first-order valence-electron chi connectivity index (χ1n) is 5.22. The number of nitrogens with one attached hydrogen (secondary N) is 1. The first-order chi connectivity index (χ1) is 9.47. The quantitative estimate of drug-likeness (QED) is 0.434. The number of nitrogens with zero attached hydrogens (tertiary/aromatic N) is 3. The van der Waals surface area contributed by atoms with Crippen molar-refractivity contribution in [3.63, 3.8) is 0 Å². The Kier molecular flexibility index (Phi) is 3.96. The number of halogens is 1. The van der Waals surface area contributed by atoms with Crippen LogP contribution in [0.15, 0.2) is 28.7 Å². The number of hydrazine groups is 1. The SMILES string of the molecule is NNc1cc(Oc2cc(Br)cc([N+](=O)[O-])c2)nc(N)n1. The highest BCUT2D eigenvalue weighted by atomic mass is 79.9. The summed E-state index contributed by atoms with van der Waals surface area (Å²) in [6.45, 7) is 0. The third-order valence-corrected chi connectivity index (χ3v) is 2.61. The molecule has 2 aromatic rings. The van der Waals surface area contributed by atoms with Gasteiger partial charge in [0.25, 0.3) is 5.69 Å². The van der Waals surface area contributed by atoms with Gasteiger partial charge in [-0.25, -0.2) is 5.84 Å². The molecule has 104 valence electrons. The van der Waals surface area contributed by atoms with Gasteiger partial charge in [-0.1, -0.05) is 15.9 Å². The van der Waals surface area contributed by atoms with E-state index >= 15 is 0 Å². The van der Waals surface area contributed by atoms with E-state index in [1.165, 1.54) is 18.2 Å². The number of nitrogen functional groups attached to an aromatic ring is 2. The number of rotatable bonds is 4. The number of hydrogen-bond acceptors (Lipinski definition) is 8. The van der Waals surface area contributed by atoms with Crippen LogP contribution in [-0.4, -0.2) is 14.9 Å². The molecule has 10 heteroatoms. The topological polar surface area (TPSA) is 142 Å². The van der Waals surface area contributed by atoms with Crippen LogP contribution in [0.1, 0.15) is 0 Å². The van der Waals surface area contributed by atoms with E-state index in [-0.39, 0.29) is 29.1 Å². The van der Waals surface area contributed by atoms with Crippen LogP contribution >= 0.6 is 15.9 Å². The molecule has 0 unspecified atom stereocenters. The van der Waals surface area contributed by atoms with Crippen LogP contribution in [0.5, 0.6) is 11.6 Å². The molecule has 0 spiro atoms. The predicted octanol–water partition coefficient (Wildman–Crippen LogP) is 1.81. The number of nitro benzene ring substituents is 1. The molecular weight excluding hydrogens is 332 g/mol. The summed E-state index contributed by atoms with van der Waals surface area (Å²) in [5, 5.41) is 10.8. The van der Waals surface area contributed by atoms with E-state index < -0.39 is 4.92 Å². The van der Waals surface area contributed by atoms with Gasteiger partial charge in [0.1, 0.15) is 11.6 Å². The second kappa shape index (κ2) is 5.67. The molecule has 9 nitrogen and oxygen atoms in total. The zero-order chi connectivity index (χ0) is 14.7. The van der Waals surface area contributed by atoms with Crippen molar-refractivity contribution in [1.82, 2.24) is 9.97 Å². The van der Waals surface area contributed by atoms with E-state index in [1.54, 1.807) is 6.07 Å². The Morgan fingerprint density at radius 3 is 2.70 bits per heavy atom. The number of aromatic nitrogens is 2. The normalized spacial score (nSPS) is 10.1. The molecule has 1 aromatic heterocycles. The second-order valence-corrected chi connectivity index (χ2v) is 4.51. The van der Waals surface area contributed by atoms with Gasteiger partial charge in [-0.2, -0.15) is 9.97 Å². The minimum Gasteiger partial charge on any atom is -0.438 e. The molecule has 0 saturated carbocycles. The number of hydrogen-bond donors (Lipinski definition) is 3. The van der Waals surface area contributed by atoms with Gasteiger partial charge in [0.05, 0.1) is 11.0 Å². The molecule has 20 heavy (non-hydrogen) atoms. The lowest BCUT2D eigenvalue weighted by atomic mass is 10.3. The Bertz CT molecular complexity index is 665. The van der Waals surface area contributed by atoms with Crippen LogP contribution in [0.3, 0.4) is 0 Å². The Labute approximate surface area is 121 Å². The predicted molar refractivity (Wildman–Crippen MR) is 75.1 cm³/mol. The van der Waals surface area contributed by atoms with Crippen molar-refractivity contribution in [2.45, 2.75) is 0 Å². The van der Waals surface area contributed by atoms with Crippen molar-refractivity contribution in [3.05, 3.63) is 38.9 Å². The van der Waals surface area contributed by atoms with Gasteiger partial charge in [0, 0.05) is 16.6 Å². The highest BCUT2D eigenvalue weighted by Crippen LogP contribution is 2.29. The van der Waals surface area contributed by atoms with E-state index in [0.717, 1.165) is 0 Å². The van der Waals surface area contributed by atoms with Gasteiger partial charge in [0.15, 0.2) is 0 Å². The molecule has 0 bridgehead atoms. The molecule has 5 N–H and O–H groups in total. The fourth-order valence-corrected chi connectivity index (χ4v) is 1.86. The van der Waals surface area contributed by atoms with Gasteiger partial charge in [-0.15, -0.1) is 0 Å². The van der Waals surface area contributed by atoms with Gasteiger partial charge in [0.2, 0.25) is 11.8 Å². The van der Waals surface area contributed by atoms with Crippen LogP contribution in [0.4, 0.5) is 17.5 Å². The molecule has 0 saturated heterocycles. The van der Waals surface area contributed by atoms with E-state index in [4.69, 9.17) is 16.3 Å². The minimum atomic E-state index is -0.529. The van der Waals surface area contributed by atoms with Crippen LogP contribution in [0.2, 0.25) is 0 Å². The van der Waals surface area contributed by atoms with Crippen molar-refractivity contribution in [1.29, 1.82) is 0 Å². The van der Waals surface area contributed by atoms with Crippen LogP contribution in [0, 0.1) is 10.1 Å². The summed E-state index contributed by atoms with van der Waals surface area (Å²) in [4.78, 5) is 17.9. The van der Waals surface area contributed by atoms with Gasteiger partial charge in [-0.05, 0) is 6.07 Å². The number of anilines is 2. The molecule has 0 fully saturated rings. The summed E-state index contributed by atoms with van der Waals surface area (Å²) < 4.78 is 5.91. The lowest BCUT2D eigenvalue weighted by molar-refractivity contribution is -0.385. The van der Waals surface area contributed by atoms with Crippen molar-refractivity contribution >= 4 is 33.4 Å². The van der Waals surface area contributed by atoms with E-state index in [2.05, 4.69) is 31.3 Å². The van der Waals surface area contributed by atoms with Crippen LogP contribution < -0.4 is 21.7 Å². The largest absolute Gasteiger partial charge is 0.438 e. The maximum atomic E-state index is 10.8. The number of nitro groups is 1. The van der Waals surface area contributed by atoms with Gasteiger partial charge < -0.3 is 15.9 Å². The number of benzene rings is 1. The average molecular weight is 341 g/mol. The third kappa shape index (κ3) is 3.30. The van der Waals surface area contributed by atoms with Crippen molar-refractivity contribution < 1.29 is 9.66 Å². The summed E-state index contributed by atoms with van der Waals surface area (Å²) in [5.74, 6) is 5.78. The zero-order valence-electron chi connectivity index (χ0n) is 9.91. The molecule has 2 rings (SSSR count). The van der Waals surface area contributed by atoms with E-state index in [9.17, 15) is 10.1 Å². The molecular formula is C10H9BrN6O3. The average Bonchev–Trinajstić information content (AvgIpc) is 2.37. The third-order valence-electron chi connectivity index (χ3n) is 2.16. The Hall–Kier alpha value is -2.46. The molecule has 0 atom stereocenters. The fraction of sp³-hybridized carbons (Fsp3) is 0. The molecule has 0 aliphatic rings. The lowest BCUT2D eigenvalue weighted by Gasteiger charge is -2.07. The summed E-state index contributed by atoms with van der Waals surface area (Å²) >= 11 is 3.16. The summed E-state index contributed by atoms with van der Waals surface area (Å²) in [6, 6.07) is 5.58. The first kappa shape index (κ1) is 14.0. The summed E-state index contributed by atoms with van der Waals surface area (Å²) in [6.07, 6.45) is 0. The van der Waals surface area contributed by atoms with Crippen LogP contribution in [0.25, 0.3) is 0 Å². The molecule has 0 radical (unpaired) electrons. The summed E-state index contributed by atoms with van der Waals surface area (Å²) in [7, 11) is 0. The Balaban J connectivity index is 2.34. The van der Waals surface area contributed by atoms with E-state index in [1.807, 2.05) is 0 Å². The molecule has 1 aromatic carbocycles. The standard InChI is InChI=1S/C10H9BrN6O3/c11-5-1-6(17(18)19)3-7(2-5)20-9-4-8(16-13)14-10(12)15-9/h1-4H,13H2,(H3,12,14,15,16). The first-order valence-corrected chi connectivity index (χ1v) is 6.01. The van der Waals surface area contributed by atoms with Crippen molar-refractivity contribution in [3.8, 4) is 11.6 Å². The maximum Gasteiger partial charge on any atom is 0.274 e. The summed E-state index contributed by atoms with van der Waals surface area (Å²) in [5.41, 5.74) is 7.67. The monoisotopic (exact) mass is 340 g/mol. The van der Waals surface area contributed by atoms with E-state index in [0.29, 0.717) is 4.47 Å². The number of nitrogens with two attached hydrogens (primary N) is 2. The van der Waals surface area contributed by atoms with Crippen molar-refractivity contribution in [2.24, 2.45) is 5.84 Å². The molecule has 1 heterocycles. The van der Waals surface area contributed by atoms with Crippen molar-refractivity contribution in [2.75, 3.05) is 11.2 Å². The second-order valence-electron chi connectivity index (χ2n) is 3.60. The number of ether oxygens (including phenoxy) is 1. The molecule has 0 aliphatic heterocycles. The van der Waals surface area contributed by atoms with Crippen LogP contribution in [-0.2, 0) is 0 Å². The van der Waals surface area contributed by atoms with Gasteiger partial charge in [-0.3, -0.25) is 10.1 Å². The fourth-order valence-electron chi connectivity index (χ4n) is 1.40. The number of non-ortho nitro benzene ring substituents is 1. The molecule has 0 amide bonds. The maximum absolute atomic E-state index is 10.8. The minimum absolute atomic E-state index is 0.0417.